The van der Waals surface area contributed by atoms with Crippen LogP contribution in [0.3, 0.4) is 0 Å². The lowest BCUT2D eigenvalue weighted by Gasteiger charge is -2.31. The van der Waals surface area contributed by atoms with Gasteiger partial charge in [0.2, 0.25) is 11.9 Å². The van der Waals surface area contributed by atoms with E-state index in [1.807, 2.05) is 52.9 Å². The number of amides is 1. The molecule has 3 aliphatic rings. The fraction of sp³-hybridized carbons (Fsp3) is 0.517. The number of likely N-dealkylation sites (tertiary alicyclic amines) is 1. The van der Waals surface area contributed by atoms with Crippen LogP contribution in [0.2, 0.25) is 0 Å². The molecule has 194 valence electrons. The number of aryl methyl sites for hydroxylation is 1. The molecule has 2 aromatic heterocycles. The lowest BCUT2D eigenvalue weighted by atomic mass is 9.96. The second kappa shape index (κ2) is 9.89. The van der Waals surface area contributed by atoms with Gasteiger partial charge in [0.05, 0.1) is 0 Å². The van der Waals surface area contributed by atoms with E-state index in [1.165, 1.54) is 19.3 Å². The molecular weight excluding hydrogens is 464 g/mol. The van der Waals surface area contributed by atoms with Crippen molar-refractivity contribution in [1.29, 1.82) is 0 Å². The predicted molar refractivity (Wildman–Crippen MR) is 145 cm³/mol. The average Bonchev–Trinajstić information content (AvgIpc) is 3.48. The second-order valence-corrected chi connectivity index (χ2v) is 11.2. The Morgan fingerprint density at radius 2 is 1.78 bits per heavy atom. The molecule has 2 saturated heterocycles. The van der Waals surface area contributed by atoms with Crippen molar-refractivity contribution in [3.05, 3.63) is 52.4 Å². The Kier molecular flexibility index (Phi) is 6.44. The van der Waals surface area contributed by atoms with Gasteiger partial charge in [-0.1, -0.05) is 30.7 Å². The Bertz CT molecular complexity index is 1360. The third-order valence-electron chi connectivity index (χ3n) is 8.75. The lowest BCUT2D eigenvalue weighted by molar-refractivity contribution is -0.130. The Morgan fingerprint density at radius 3 is 2.49 bits per heavy atom. The molecule has 2 atom stereocenters. The quantitative estimate of drug-likeness (QED) is 0.568. The smallest absolute Gasteiger partial charge is 0.260 e. The van der Waals surface area contributed by atoms with E-state index in [0.717, 1.165) is 67.4 Å². The van der Waals surface area contributed by atoms with Crippen LogP contribution in [0.1, 0.15) is 44.6 Å². The van der Waals surface area contributed by atoms with E-state index in [0.29, 0.717) is 29.6 Å². The normalized spacial score (nSPS) is 22.5. The molecule has 2 unspecified atom stereocenters. The number of hydrogen-bond acceptors (Lipinski definition) is 6. The topological polar surface area (TPSA) is 83.4 Å². The van der Waals surface area contributed by atoms with Crippen LogP contribution in [-0.4, -0.2) is 56.5 Å². The van der Waals surface area contributed by atoms with Crippen LogP contribution in [0, 0.1) is 24.7 Å². The van der Waals surface area contributed by atoms with E-state index >= 15 is 0 Å². The highest BCUT2D eigenvalue weighted by Crippen LogP contribution is 2.37. The second-order valence-electron chi connectivity index (χ2n) is 11.2. The summed E-state index contributed by atoms with van der Waals surface area (Å²) in [5.41, 5.74) is 6.79. The minimum absolute atomic E-state index is 0.0175. The molecule has 3 aromatic rings. The van der Waals surface area contributed by atoms with Gasteiger partial charge in [0, 0.05) is 56.8 Å². The summed E-state index contributed by atoms with van der Waals surface area (Å²) in [5, 5.41) is 3.11. The van der Waals surface area contributed by atoms with Crippen LogP contribution in [-0.2, 0) is 11.3 Å². The summed E-state index contributed by atoms with van der Waals surface area (Å²) in [4.78, 5) is 37.2. The van der Waals surface area contributed by atoms with Crippen molar-refractivity contribution in [3.8, 4) is 11.1 Å². The highest BCUT2D eigenvalue weighted by atomic mass is 16.2. The summed E-state index contributed by atoms with van der Waals surface area (Å²) in [7, 11) is 0. The number of aromatic nitrogens is 3. The molecule has 3 fully saturated rings. The van der Waals surface area contributed by atoms with Crippen molar-refractivity contribution in [1.82, 2.24) is 24.4 Å². The summed E-state index contributed by atoms with van der Waals surface area (Å²) in [5.74, 6) is 2.52. The van der Waals surface area contributed by atoms with E-state index < -0.39 is 0 Å². The molecule has 1 saturated carbocycles. The van der Waals surface area contributed by atoms with Gasteiger partial charge < -0.3 is 4.90 Å². The van der Waals surface area contributed by atoms with Crippen LogP contribution in [0.4, 0.5) is 5.95 Å². The highest BCUT2D eigenvalue weighted by Gasteiger charge is 2.36. The molecule has 1 N–H and O–H groups in total. The van der Waals surface area contributed by atoms with Crippen molar-refractivity contribution in [2.75, 3.05) is 31.6 Å². The Hall–Kier alpha value is -3.26. The van der Waals surface area contributed by atoms with Gasteiger partial charge >= 0.3 is 0 Å². The molecule has 2 aliphatic heterocycles. The summed E-state index contributed by atoms with van der Waals surface area (Å²) < 4.78 is 1.86. The number of pyridine rings is 1. The average molecular weight is 501 g/mol. The Labute approximate surface area is 217 Å². The zero-order valence-electron chi connectivity index (χ0n) is 21.8. The first kappa shape index (κ1) is 24.1. The summed E-state index contributed by atoms with van der Waals surface area (Å²) in [6, 6.07) is 9.96. The van der Waals surface area contributed by atoms with Crippen LogP contribution >= 0.6 is 0 Å². The number of nitrogens with zero attached hydrogens (tertiary/aromatic N) is 5. The van der Waals surface area contributed by atoms with Crippen molar-refractivity contribution in [2.24, 2.45) is 17.8 Å². The fourth-order valence-electron chi connectivity index (χ4n) is 6.61. The predicted octanol–water partition coefficient (Wildman–Crippen LogP) is 4.08. The van der Waals surface area contributed by atoms with E-state index in [4.69, 9.17) is 4.98 Å². The van der Waals surface area contributed by atoms with Gasteiger partial charge in [-0.25, -0.2) is 9.99 Å². The number of carbonyl (C=O) groups is 1. The SMILES string of the molecule is CC(=O)N1CCC(Cn2c(=O)c(-c3ccccc3C)cc3cnc(NN4CC5CCCC5C4)nc32)CC1. The molecule has 0 spiro atoms. The highest BCUT2D eigenvalue weighted by molar-refractivity contribution is 5.82. The van der Waals surface area contributed by atoms with Gasteiger partial charge in [0.15, 0.2) is 0 Å². The van der Waals surface area contributed by atoms with Gasteiger partial charge in [-0.15, -0.1) is 0 Å². The Morgan fingerprint density at radius 1 is 1.05 bits per heavy atom. The van der Waals surface area contributed by atoms with Gasteiger partial charge in [-0.3, -0.25) is 19.6 Å². The monoisotopic (exact) mass is 500 g/mol. The molecule has 0 radical (unpaired) electrons. The van der Waals surface area contributed by atoms with Crippen LogP contribution in [0.15, 0.2) is 41.3 Å². The molecule has 4 heterocycles. The molecule has 8 nitrogen and oxygen atoms in total. The fourth-order valence-corrected chi connectivity index (χ4v) is 6.61. The standard InChI is InChI=1S/C29H36N6O2/c1-19-6-3-4-9-25(19)26-14-24-15-30-29(32-34-17-22-7-5-8-23(22)18-34)31-27(24)35(28(26)37)16-21-10-12-33(13-11-21)20(2)36/h3-4,6,9,14-15,21-23H,5,7-8,10-13,16-18H2,1-2H3,(H,30,31,32). The molecular formula is C29H36N6O2. The first-order valence-electron chi connectivity index (χ1n) is 13.7. The number of rotatable bonds is 5. The lowest BCUT2D eigenvalue weighted by Crippen LogP contribution is -2.39. The summed E-state index contributed by atoms with van der Waals surface area (Å²) in [6.07, 6.45) is 7.58. The maximum absolute atomic E-state index is 14.0. The van der Waals surface area contributed by atoms with Gasteiger partial charge in [0.25, 0.3) is 5.56 Å². The number of carbonyl (C=O) groups excluding carboxylic acids is 1. The van der Waals surface area contributed by atoms with Crippen LogP contribution < -0.4 is 11.0 Å². The molecule has 0 bridgehead atoms. The third kappa shape index (κ3) is 4.75. The zero-order valence-corrected chi connectivity index (χ0v) is 21.8. The number of benzene rings is 1. The third-order valence-corrected chi connectivity index (χ3v) is 8.75. The van der Waals surface area contributed by atoms with Crippen molar-refractivity contribution in [3.63, 3.8) is 0 Å². The largest absolute Gasteiger partial charge is 0.343 e. The maximum atomic E-state index is 14.0. The maximum Gasteiger partial charge on any atom is 0.260 e. The van der Waals surface area contributed by atoms with E-state index in [9.17, 15) is 9.59 Å². The Balaban J connectivity index is 1.35. The number of fused-ring (bicyclic) bond motifs is 2. The summed E-state index contributed by atoms with van der Waals surface area (Å²) in [6.45, 7) is 7.79. The van der Waals surface area contributed by atoms with Crippen LogP contribution in [0.25, 0.3) is 22.2 Å². The molecule has 1 amide bonds. The van der Waals surface area contributed by atoms with Crippen molar-refractivity contribution >= 4 is 22.9 Å². The van der Waals surface area contributed by atoms with Gasteiger partial charge in [0.1, 0.15) is 5.65 Å². The molecule has 1 aliphatic carbocycles. The van der Waals surface area contributed by atoms with Crippen molar-refractivity contribution in [2.45, 2.75) is 52.5 Å². The molecule has 6 rings (SSSR count). The number of hydrogen-bond donors (Lipinski definition) is 1. The molecule has 37 heavy (non-hydrogen) atoms. The number of hydrazine groups is 1. The summed E-state index contributed by atoms with van der Waals surface area (Å²) >= 11 is 0. The first-order valence-corrected chi connectivity index (χ1v) is 13.7. The number of nitrogens with one attached hydrogen (secondary N) is 1. The van der Waals surface area contributed by atoms with E-state index in [-0.39, 0.29) is 11.5 Å². The molecule has 8 heteroatoms. The van der Waals surface area contributed by atoms with Gasteiger partial charge in [-0.05, 0) is 67.6 Å². The number of anilines is 1. The molecule has 1 aromatic carbocycles. The number of piperidine rings is 1. The van der Waals surface area contributed by atoms with Gasteiger partial charge in [-0.2, -0.15) is 4.98 Å². The van der Waals surface area contributed by atoms with E-state index in [2.05, 4.69) is 15.4 Å². The van der Waals surface area contributed by atoms with E-state index in [1.54, 1.807) is 6.92 Å². The first-order chi connectivity index (χ1) is 18.0. The van der Waals surface area contributed by atoms with Crippen LogP contribution in [0.5, 0.6) is 0 Å². The minimum atomic E-state index is -0.0175. The minimum Gasteiger partial charge on any atom is -0.343 e. The zero-order chi connectivity index (χ0) is 25.5. The van der Waals surface area contributed by atoms with Crippen molar-refractivity contribution < 1.29 is 4.79 Å².